The van der Waals surface area contributed by atoms with Gasteiger partial charge in [-0.25, -0.2) is 20.1 Å². The molecule has 0 bridgehead atoms. The van der Waals surface area contributed by atoms with Crippen molar-refractivity contribution >= 4 is 27.3 Å². The molecule has 0 unspecified atom stereocenters. The second-order valence-electron chi connectivity index (χ2n) is 8.42. The third-order valence-corrected chi connectivity index (χ3v) is 7.95. The van der Waals surface area contributed by atoms with Crippen LogP contribution in [-0.4, -0.2) is 51.2 Å². The number of rotatable bonds is 25. The molecule has 0 heterocycles. The van der Waals surface area contributed by atoms with Crippen LogP contribution in [0.25, 0.3) is 0 Å². The molecule has 226 valence electrons. The maximum atomic E-state index is 12.2. The van der Waals surface area contributed by atoms with Crippen molar-refractivity contribution in [3.63, 3.8) is 0 Å². The zero-order chi connectivity index (χ0) is 28.5. The maximum absolute atomic E-state index is 12.2. The molecular formula is C24H52N4O8P2. The Morgan fingerprint density at radius 1 is 0.526 bits per heavy atom. The minimum atomic E-state index is -3.58. The lowest BCUT2D eigenvalue weighted by Gasteiger charge is -2.16. The minimum absolute atomic E-state index is 0.233. The van der Waals surface area contributed by atoms with Crippen LogP contribution in [0, 0.1) is 0 Å². The fraction of sp³-hybridized carbons (Fsp3) is 0.917. The summed E-state index contributed by atoms with van der Waals surface area (Å²) in [6.45, 7) is 12.7. The first-order chi connectivity index (χ1) is 18.2. The van der Waals surface area contributed by atoms with Crippen molar-refractivity contribution in [2.24, 2.45) is 9.98 Å². The van der Waals surface area contributed by atoms with Crippen molar-refractivity contribution in [2.45, 2.75) is 106 Å². The number of unbranched alkanes of at least 4 members (excludes halogenated alkanes) is 9. The van der Waals surface area contributed by atoms with Gasteiger partial charge in [0.15, 0.2) is 0 Å². The highest BCUT2D eigenvalue weighted by Gasteiger charge is 2.27. The standard InChI is InChI=1S/C24H52N4O8P2/c1-7-31-37(29,32-8-2)35-27-23(5)25-21-19-17-15-13-11-12-14-16-18-20-22-26-24(6)28-36-38(30,33-9-3)34-10-4/h7-22H2,1-6H3,(H,25,27)(H,26,28). The lowest BCUT2D eigenvalue weighted by Crippen LogP contribution is -2.21. The van der Waals surface area contributed by atoms with E-state index in [9.17, 15) is 9.13 Å². The Morgan fingerprint density at radius 2 is 0.789 bits per heavy atom. The summed E-state index contributed by atoms with van der Waals surface area (Å²) in [5.41, 5.74) is 5.13. The smallest absolute Gasteiger partial charge is 0.286 e. The van der Waals surface area contributed by atoms with Crippen LogP contribution >= 0.6 is 15.6 Å². The number of hydroxylamine groups is 2. The monoisotopic (exact) mass is 586 g/mol. The highest BCUT2D eigenvalue weighted by atomic mass is 31.2. The van der Waals surface area contributed by atoms with Gasteiger partial charge in [-0.15, -0.1) is 0 Å². The van der Waals surface area contributed by atoms with Crippen LogP contribution in [0.15, 0.2) is 9.98 Å². The zero-order valence-electron chi connectivity index (χ0n) is 24.4. The molecule has 0 spiro atoms. The third-order valence-electron chi connectivity index (χ3n) is 5.02. The number of phosphoric ester groups is 2. The normalized spacial score (nSPS) is 13.2. The Balaban J connectivity index is 3.71. The molecular weight excluding hydrogens is 534 g/mol. The molecule has 0 aliphatic rings. The Kier molecular flexibility index (Phi) is 23.5. The van der Waals surface area contributed by atoms with Gasteiger partial charge in [-0.3, -0.25) is 28.1 Å². The molecule has 0 atom stereocenters. The third kappa shape index (κ3) is 21.0. The van der Waals surface area contributed by atoms with E-state index in [0.717, 1.165) is 25.7 Å². The number of amidine groups is 2. The van der Waals surface area contributed by atoms with Crippen molar-refractivity contribution in [3.05, 3.63) is 0 Å². The van der Waals surface area contributed by atoms with E-state index in [1.54, 1.807) is 41.5 Å². The van der Waals surface area contributed by atoms with E-state index in [0.29, 0.717) is 24.8 Å². The van der Waals surface area contributed by atoms with Crippen molar-refractivity contribution < 1.29 is 36.5 Å². The van der Waals surface area contributed by atoms with Crippen LogP contribution in [0.5, 0.6) is 0 Å². The average Bonchev–Trinajstić information content (AvgIpc) is 2.87. The summed E-state index contributed by atoms with van der Waals surface area (Å²) in [6, 6.07) is 0. The highest BCUT2D eigenvalue weighted by Crippen LogP contribution is 2.48. The van der Waals surface area contributed by atoms with Gasteiger partial charge in [0.25, 0.3) is 0 Å². The summed E-state index contributed by atoms with van der Waals surface area (Å²) in [4.78, 5) is 8.76. The van der Waals surface area contributed by atoms with Gasteiger partial charge in [0.1, 0.15) is 11.7 Å². The first-order valence-electron chi connectivity index (χ1n) is 13.9. The molecule has 14 heteroatoms. The summed E-state index contributed by atoms with van der Waals surface area (Å²) in [6.07, 6.45) is 11.6. The van der Waals surface area contributed by atoms with E-state index in [1.165, 1.54) is 38.5 Å². The molecule has 0 aromatic heterocycles. The summed E-state index contributed by atoms with van der Waals surface area (Å²) in [5, 5.41) is 0. The molecule has 0 rings (SSSR count). The van der Waals surface area contributed by atoms with Gasteiger partial charge in [-0.05, 0) is 54.4 Å². The molecule has 0 amide bonds. The number of nitrogens with one attached hydrogen (secondary N) is 2. The van der Waals surface area contributed by atoms with Crippen LogP contribution in [0.2, 0.25) is 0 Å². The maximum Gasteiger partial charge on any atom is 0.496 e. The largest absolute Gasteiger partial charge is 0.496 e. The molecule has 0 aromatic carbocycles. The van der Waals surface area contributed by atoms with Crippen LogP contribution in [-0.2, 0) is 36.5 Å². The second kappa shape index (κ2) is 24.0. The number of hydrogen-bond acceptors (Lipinski definition) is 10. The van der Waals surface area contributed by atoms with Gasteiger partial charge in [-0.2, -0.15) is 9.25 Å². The van der Waals surface area contributed by atoms with E-state index in [4.69, 9.17) is 27.3 Å². The number of hydrogen-bond donors (Lipinski definition) is 2. The Bertz CT molecular complexity index is 660. The van der Waals surface area contributed by atoms with Crippen LogP contribution in [0.1, 0.15) is 106 Å². The van der Waals surface area contributed by atoms with Crippen LogP contribution in [0.4, 0.5) is 0 Å². The summed E-state index contributed by atoms with van der Waals surface area (Å²) in [7, 11) is -7.16. The quantitative estimate of drug-likeness (QED) is 0.0373. The van der Waals surface area contributed by atoms with Crippen molar-refractivity contribution in [3.8, 4) is 0 Å². The summed E-state index contributed by atoms with van der Waals surface area (Å²) >= 11 is 0. The fourth-order valence-electron chi connectivity index (χ4n) is 3.25. The molecule has 12 nitrogen and oxygen atoms in total. The molecule has 0 aromatic rings. The zero-order valence-corrected chi connectivity index (χ0v) is 26.2. The van der Waals surface area contributed by atoms with Crippen LogP contribution < -0.4 is 11.0 Å². The second-order valence-corrected chi connectivity index (χ2v) is 11.6. The topological polar surface area (TPSA) is 138 Å². The molecule has 38 heavy (non-hydrogen) atoms. The molecule has 2 N–H and O–H groups in total. The van der Waals surface area contributed by atoms with Gasteiger partial charge < -0.3 is 0 Å². The lowest BCUT2D eigenvalue weighted by molar-refractivity contribution is 0.0994. The van der Waals surface area contributed by atoms with E-state index in [-0.39, 0.29) is 26.4 Å². The highest BCUT2D eigenvalue weighted by molar-refractivity contribution is 7.48. The van der Waals surface area contributed by atoms with E-state index in [2.05, 4.69) is 20.9 Å². The van der Waals surface area contributed by atoms with Crippen molar-refractivity contribution in [1.29, 1.82) is 0 Å². The van der Waals surface area contributed by atoms with Gasteiger partial charge in [0.05, 0.1) is 26.4 Å². The van der Waals surface area contributed by atoms with Crippen molar-refractivity contribution in [1.82, 2.24) is 11.0 Å². The fourth-order valence-corrected chi connectivity index (χ4v) is 5.36. The number of aliphatic imine (C=N–C) groups is 2. The van der Waals surface area contributed by atoms with E-state index < -0.39 is 15.6 Å². The molecule has 0 radical (unpaired) electrons. The van der Waals surface area contributed by atoms with Crippen LogP contribution in [0.3, 0.4) is 0 Å². The van der Waals surface area contributed by atoms with Gasteiger partial charge in [0, 0.05) is 13.1 Å². The summed E-state index contributed by atoms with van der Waals surface area (Å²) < 4.78 is 54.8. The molecule has 0 aliphatic carbocycles. The molecule has 0 saturated carbocycles. The minimum Gasteiger partial charge on any atom is -0.286 e. The average molecular weight is 587 g/mol. The Hall–Kier alpha value is -0.840. The van der Waals surface area contributed by atoms with Crippen molar-refractivity contribution in [2.75, 3.05) is 39.5 Å². The van der Waals surface area contributed by atoms with Gasteiger partial charge in [0.2, 0.25) is 0 Å². The SMILES string of the molecule is CCOP(=O)(OCC)ONC(C)=NCCCCCCCCCCCCN=C(C)NOP(=O)(OCC)OCC. The summed E-state index contributed by atoms with van der Waals surface area (Å²) in [5.74, 6) is 1.09. The van der Waals surface area contributed by atoms with E-state index >= 15 is 0 Å². The number of nitrogens with zero attached hydrogens (tertiary/aromatic N) is 2. The Labute approximate surface area is 230 Å². The predicted molar refractivity (Wildman–Crippen MR) is 152 cm³/mol. The van der Waals surface area contributed by atoms with Gasteiger partial charge in [-0.1, -0.05) is 51.4 Å². The first kappa shape index (κ1) is 37.2. The molecule has 0 aliphatic heterocycles. The first-order valence-corrected chi connectivity index (χ1v) is 16.9. The molecule has 0 saturated heterocycles. The number of phosphoric acid groups is 2. The van der Waals surface area contributed by atoms with E-state index in [1.807, 2.05) is 0 Å². The Morgan fingerprint density at radius 3 is 1.05 bits per heavy atom. The van der Waals surface area contributed by atoms with Gasteiger partial charge >= 0.3 is 15.6 Å². The molecule has 0 fully saturated rings. The lowest BCUT2D eigenvalue weighted by atomic mass is 10.1. The predicted octanol–water partition coefficient (Wildman–Crippen LogP) is 7.13.